The molecule has 1 aromatic carbocycles. The van der Waals surface area contributed by atoms with Crippen LogP contribution in [0.15, 0.2) is 49.2 Å². The van der Waals surface area contributed by atoms with Crippen LogP contribution in [0.25, 0.3) is 5.69 Å². The average molecular weight is 467 g/mol. The van der Waals surface area contributed by atoms with E-state index in [9.17, 15) is 14.0 Å². The first-order valence-electron chi connectivity index (χ1n) is 9.25. The Bertz CT molecular complexity index is 1090. The third kappa shape index (κ3) is 4.80. The predicted octanol–water partition coefficient (Wildman–Crippen LogP) is 2.50. The Morgan fingerprint density at radius 1 is 1.39 bits per heavy atom. The van der Waals surface area contributed by atoms with E-state index in [1.165, 1.54) is 17.3 Å². The molecule has 1 N–H and O–H groups in total. The molecule has 31 heavy (non-hydrogen) atoms. The summed E-state index contributed by atoms with van der Waals surface area (Å²) in [5.41, 5.74) is 1.34. The lowest BCUT2D eigenvalue weighted by Gasteiger charge is -2.14. The molecule has 0 radical (unpaired) electrons. The first-order chi connectivity index (χ1) is 14.9. The van der Waals surface area contributed by atoms with Crippen LogP contribution >= 0.6 is 23.2 Å². The van der Waals surface area contributed by atoms with Gasteiger partial charge in [0.25, 0.3) is 5.91 Å². The highest BCUT2D eigenvalue weighted by Gasteiger charge is 2.33. The number of anilines is 1. The van der Waals surface area contributed by atoms with E-state index >= 15 is 0 Å². The van der Waals surface area contributed by atoms with Crippen LogP contribution in [0.1, 0.15) is 5.69 Å². The first kappa shape index (κ1) is 21.1. The molecular weight excluding hydrogens is 450 g/mol. The van der Waals surface area contributed by atoms with Gasteiger partial charge in [-0.25, -0.2) is 14.2 Å². The normalized spacial score (nSPS) is 16.1. The number of cyclic esters (lactones) is 1. The Hall–Kier alpha value is -3.11. The molecule has 3 aromatic rings. The molecule has 12 heteroatoms. The van der Waals surface area contributed by atoms with Gasteiger partial charge in [0.2, 0.25) is 0 Å². The van der Waals surface area contributed by atoms with Gasteiger partial charge in [-0.1, -0.05) is 23.2 Å². The second kappa shape index (κ2) is 8.94. The molecule has 4 rings (SSSR count). The lowest BCUT2D eigenvalue weighted by Crippen LogP contribution is -2.37. The molecule has 2 amide bonds. The number of nitrogens with zero attached hydrogens (tertiary/aromatic N) is 5. The van der Waals surface area contributed by atoms with Gasteiger partial charge < -0.3 is 14.6 Å². The molecule has 0 bridgehead atoms. The van der Waals surface area contributed by atoms with Crippen LogP contribution in [0.2, 0.25) is 0 Å². The number of alkyl halides is 2. The van der Waals surface area contributed by atoms with E-state index in [4.69, 9.17) is 27.9 Å². The molecule has 0 aliphatic carbocycles. The van der Waals surface area contributed by atoms with E-state index in [0.717, 1.165) is 5.69 Å². The van der Waals surface area contributed by atoms with E-state index in [2.05, 4.69) is 15.4 Å². The van der Waals surface area contributed by atoms with Gasteiger partial charge in [0.1, 0.15) is 11.9 Å². The molecule has 162 valence electrons. The summed E-state index contributed by atoms with van der Waals surface area (Å²) in [7, 11) is 0. The number of rotatable bonds is 7. The number of carbonyl (C=O) groups excluding carboxylic acids is 2. The summed E-state index contributed by atoms with van der Waals surface area (Å²) < 4.78 is 23.3. The Kier molecular flexibility index (Phi) is 6.10. The zero-order valence-corrected chi connectivity index (χ0v) is 17.5. The maximum atomic E-state index is 14.8. The number of imidazole rings is 1. The molecule has 1 aliphatic rings. The lowest BCUT2D eigenvalue weighted by atomic mass is 10.2. The molecule has 3 heterocycles. The van der Waals surface area contributed by atoms with E-state index in [-0.39, 0.29) is 18.8 Å². The van der Waals surface area contributed by atoms with Crippen LogP contribution < -0.4 is 10.2 Å². The summed E-state index contributed by atoms with van der Waals surface area (Å²) in [6.07, 6.45) is 5.47. The van der Waals surface area contributed by atoms with Crippen molar-refractivity contribution in [3.05, 3.63) is 60.7 Å². The van der Waals surface area contributed by atoms with Crippen LogP contribution in [0, 0.1) is 5.82 Å². The van der Waals surface area contributed by atoms with Gasteiger partial charge in [0, 0.05) is 18.6 Å². The van der Waals surface area contributed by atoms with Crippen molar-refractivity contribution in [1.82, 2.24) is 24.6 Å². The highest BCUT2D eigenvalue weighted by atomic mass is 35.5. The molecule has 0 unspecified atom stereocenters. The van der Waals surface area contributed by atoms with Gasteiger partial charge >= 0.3 is 6.09 Å². The van der Waals surface area contributed by atoms with Crippen molar-refractivity contribution >= 4 is 40.9 Å². The molecule has 9 nitrogen and oxygen atoms in total. The number of ether oxygens (including phenoxy) is 1. The molecule has 2 aromatic heterocycles. The Morgan fingerprint density at radius 2 is 2.23 bits per heavy atom. The summed E-state index contributed by atoms with van der Waals surface area (Å²) in [4.78, 5) is 28.0. The summed E-state index contributed by atoms with van der Waals surface area (Å²) in [6.45, 7) is 0.656. The van der Waals surface area contributed by atoms with Gasteiger partial charge in [0.15, 0.2) is 4.84 Å². The summed E-state index contributed by atoms with van der Waals surface area (Å²) >= 11 is 10.9. The van der Waals surface area contributed by atoms with Crippen LogP contribution in [-0.4, -0.2) is 55.4 Å². The fraction of sp³-hybridized carbons (Fsp3) is 0.263. The van der Waals surface area contributed by atoms with E-state index < -0.39 is 28.8 Å². The van der Waals surface area contributed by atoms with Crippen molar-refractivity contribution in [3.8, 4) is 5.69 Å². The van der Waals surface area contributed by atoms with E-state index in [0.29, 0.717) is 12.2 Å². The Morgan fingerprint density at radius 3 is 2.94 bits per heavy atom. The van der Waals surface area contributed by atoms with Crippen LogP contribution in [-0.2, 0) is 16.1 Å². The minimum Gasteiger partial charge on any atom is -0.442 e. The van der Waals surface area contributed by atoms with Gasteiger partial charge in [-0.15, -0.1) is 0 Å². The van der Waals surface area contributed by atoms with Gasteiger partial charge in [-0.3, -0.25) is 14.4 Å². The second-order valence-corrected chi connectivity index (χ2v) is 7.87. The first-order valence-corrected chi connectivity index (χ1v) is 10.1. The Balaban J connectivity index is 1.43. The molecule has 1 saturated heterocycles. The zero-order valence-electron chi connectivity index (χ0n) is 16.0. The zero-order chi connectivity index (χ0) is 22.0. The van der Waals surface area contributed by atoms with Crippen molar-refractivity contribution in [2.24, 2.45) is 0 Å². The topological polar surface area (TPSA) is 94.3 Å². The number of hydrogen-bond acceptors (Lipinski definition) is 5. The minimum atomic E-state index is -1.21. The maximum absolute atomic E-state index is 14.8. The van der Waals surface area contributed by atoms with Gasteiger partial charge in [-0.05, 0) is 24.3 Å². The van der Waals surface area contributed by atoms with Crippen LogP contribution in [0.5, 0.6) is 0 Å². The molecule has 0 saturated carbocycles. The maximum Gasteiger partial charge on any atom is 0.414 e. The van der Waals surface area contributed by atoms with Crippen molar-refractivity contribution in [2.75, 3.05) is 18.0 Å². The molecule has 0 spiro atoms. The summed E-state index contributed by atoms with van der Waals surface area (Å²) in [5.74, 6) is -1.11. The third-order valence-electron chi connectivity index (χ3n) is 4.62. The van der Waals surface area contributed by atoms with E-state index in [1.54, 1.807) is 33.8 Å². The van der Waals surface area contributed by atoms with Gasteiger partial charge in [0.05, 0.1) is 43.0 Å². The quantitative estimate of drug-likeness (QED) is 0.539. The fourth-order valence-corrected chi connectivity index (χ4v) is 3.29. The monoisotopic (exact) mass is 466 g/mol. The number of halogens is 3. The molecular formula is C19H17Cl2FN6O3. The van der Waals surface area contributed by atoms with Crippen molar-refractivity contribution < 1.29 is 18.7 Å². The number of aromatic nitrogens is 4. The van der Waals surface area contributed by atoms with Crippen LogP contribution in [0.4, 0.5) is 14.9 Å². The number of hydrogen-bond donors (Lipinski definition) is 1. The largest absolute Gasteiger partial charge is 0.442 e. The smallest absolute Gasteiger partial charge is 0.414 e. The molecule has 1 aliphatic heterocycles. The average Bonchev–Trinajstić information content (AvgIpc) is 3.48. The SMILES string of the molecule is O=C(NC[C@H]1CN(c2ccc(-n3cnc(Cn4cccn4)c3)c(F)c2)C(=O)O1)C(Cl)Cl. The number of amides is 2. The fourth-order valence-electron chi connectivity index (χ4n) is 3.14. The molecule has 1 atom stereocenters. The second-order valence-electron chi connectivity index (χ2n) is 6.77. The Labute approximate surface area is 186 Å². The number of carbonyl (C=O) groups is 2. The van der Waals surface area contributed by atoms with Crippen LogP contribution in [0.3, 0.4) is 0 Å². The lowest BCUT2D eigenvalue weighted by molar-refractivity contribution is -0.119. The number of nitrogens with one attached hydrogen (secondary N) is 1. The predicted molar refractivity (Wildman–Crippen MR) is 111 cm³/mol. The standard InChI is InChI=1S/C19H17Cl2FN6O3/c20-17(21)18(29)23-7-14-10-28(19(30)31-14)13-2-3-16(15(22)6-13)26-8-12(24-11-26)9-27-5-1-4-25-27/h1-6,8,11,14,17H,7,9-10H2,(H,23,29)/t14-/m0/s1. The minimum absolute atomic E-state index is 0.0473. The third-order valence-corrected chi connectivity index (χ3v) is 5.01. The highest BCUT2D eigenvalue weighted by Crippen LogP contribution is 2.25. The van der Waals surface area contributed by atoms with Crippen molar-refractivity contribution in [1.29, 1.82) is 0 Å². The number of benzene rings is 1. The van der Waals surface area contributed by atoms with Crippen molar-refractivity contribution in [2.45, 2.75) is 17.5 Å². The summed E-state index contributed by atoms with van der Waals surface area (Å²) in [5, 5.41) is 6.60. The van der Waals surface area contributed by atoms with E-state index in [1.807, 2.05) is 12.3 Å². The van der Waals surface area contributed by atoms with Crippen molar-refractivity contribution in [3.63, 3.8) is 0 Å². The van der Waals surface area contributed by atoms with Gasteiger partial charge in [-0.2, -0.15) is 5.10 Å². The summed E-state index contributed by atoms with van der Waals surface area (Å²) in [6, 6.07) is 6.22. The highest BCUT2D eigenvalue weighted by molar-refractivity contribution is 6.53. The molecule has 1 fully saturated rings.